The Morgan fingerprint density at radius 3 is 1.52 bits per heavy atom. The third-order valence-corrected chi connectivity index (χ3v) is 5.25. The summed E-state index contributed by atoms with van der Waals surface area (Å²) in [6, 6.07) is 42.7. The highest BCUT2D eigenvalue weighted by atomic mass is 14.9. The van der Waals surface area contributed by atoms with Crippen molar-refractivity contribution in [2.45, 2.75) is 0 Å². The van der Waals surface area contributed by atoms with Gasteiger partial charge >= 0.3 is 0 Å². The second kappa shape index (κ2) is 7.65. The number of hydrogen-bond donors (Lipinski definition) is 1. The first-order valence-corrected chi connectivity index (χ1v) is 9.88. The summed E-state index contributed by atoms with van der Waals surface area (Å²) in [5.74, 6) is 0. The van der Waals surface area contributed by atoms with Gasteiger partial charge in [0.2, 0.25) is 0 Å². The molecule has 0 aliphatic carbocycles. The minimum atomic E-state index is 1.09. The first kappa shape index (κ1) is 17.3. The Kier molecular flexibility index (Phi) is 4.56. The summed E-state index contributed by atoms with van der Waals surface area (Å²) in [6.07, 6.45) is 0. The lowest BCUT2D eigenvalue weighted by atomic mass is 9.91. The third kappa shape index (κ3) is 3.51. The van der Waals surface area contributed by atoms with E-state index in [4.69, 9.17) is 0 Å². The van der Waals surface area contributed by atoms with E-state index in [1.54, 1.807) is 0 Å². The molecule has 138 valence electrons. The van der Waals surface area contributed by atoms with Gasteiger partial charge in [0.1, 0.15) is 0 Å². The summed E-state index contributed by atoms with van der Waals surface area (Å²) >= 11 is 0. The van der Waals surface area contributed by atoms with Crippen LogP contribution >= 0.6 is 0 Å². The summed E-state index contributed by atoms with van der Waals surface area (Å²) in [7, 11) is 0. The Morgan fingerprint density at radius 2 is 0.897 bits per heavy atom. The highest BCUT2D eigenvalue weighted by Gasteiger charge is 2.10. The van der Waals surface area contributed by atoms with Crippen LogP contribution in [0.2, 0.25) is 0 Å². The van der Waals surface area contributed by atoms with Gasteiger partial charge in [-0.15, -0.1) is 0 Å². The molecule has 0 aliphatic heterocycles. The van der Waals surface area contributed by atoms with Gasteiger partial charge in [0.05, 0.1) is 0 Å². The van der Waals surface area contributed by atoms with Crippen LogP contribution < -0.4 is 5.32 Å². The number of anilines is 2. The molecule has 1 N–H and O–H groups in total. The van der Waals surface area contributed by atoms with Crippen LogP contribution in [-0.4, -0.2) is 0 Å². The first-order valence-electron chi connectivity index (χ1n) is 9.88. The maximum atomic E-state index is 3.46. The molecule has 0 unspecified atom stereocenters. The average molecular weight is 371 g/mol. The molecule has 5 aromatic rings. The molecule has 0 saturated heterocycles. The third-order valence-electron chi connectivity index (χ3n) is 5.25. The molecule has 29 heavy (non-hydrogen) atoms. The fourth-order valence-electron chi connectivity index (χ4n) is 3.86. The number of para-hydroxylation sites is 1. The van der Waals surface area contributed by atoms with Crippen LogP contribution in [-0.2, 0) is 0 Å². The maximum absolute atomic E-state index is 3.46. The zero-order valence-corrected chi connectivity index (χ0v) is 16.0. The standard InChI is InChI=1S/C28H21N/c1-3-9-21(10-4-1)26-15-7-11-23-12-8-16-27(28(23)26)22-17-19-25(20-18-22)29-24-13-5-2-6-14-24/h1-20,29H. The monoisotopic (exact) mass is 371 g/mol. The molecule has 0 saturated carbocycles. The van der Waals surface area contributed by atoms with Crippen molar-refractivity contribution in [2.24, 2.45) is 0 Å². The van der Waals surface area contributed by atoms with Crippen molar-refractivity contribution in [1.29, 1.82) is 0 Å². The van der Waals surface area contributed by atoms with E-state index in [1.165, 1.54) is 33.0 Å². The van der Waals surface area contributed by atoms with E-state index in [0.717, 1.165) is 11.4 Å². The highest BCUT2D eigenvalue weighted by Crippen LogP contribution is 2.36. The molecular formula is C28H21N. The van der Waals surface area contributed by atoms with Gasteiger partial charge in [-0.05, 0) is 57.3 Å². The summed E-state index contributed by atoms with van der Waals surface area (Å²) in [5.41, 5.74) is 7.17. The largest absolute Gasteiger partial charge is 0.356 e. The molecule has 0 spiro atoms. The van der Waals surface area contributed by atoms with Crippen molar-refractivity contribution in [3.63, 3.8) is 0 Å². The van der Waals surface area contributed by atoms with Gasteiger partial charge in [-0.1, -0.05) is 97.1 Å². The van der Waals surface area contributed by atoms with Crippen LogP contribution in [0, 0.1) is 0 Å². The van der Waals surface area contributed by atoms with Gasteiger partial charge < -0.3 is 5.32 Å². The predicted octanol–water partition coefficient (Wildman–Crippen LogP) is 7.92. The number of rotatable bonds is 4. The summed E-state index contributed by atoms with van der Waals surface area (Å²) < 4.78 is 0. The lowest BCUT2D eigenvalue weighted by Crippen LogP contribution is -1.90. The molecule has 0 heterocycles. The van der Waals surface area contributed by atoms with Crippen LogP contribution in [0.1, 0.15) is 0 Å². The van der Waals surface area contributed by atoms with Crippen LogP contribution in [0.25, 0.3) is 33.0 Å². The maximum Gasteiger partial charge on any atom is 0.0384 e. The van der Waals surface area contributed by atoms with E-state index < -0.39 is 0 Å². The Labute approximate surface area is 171 Å². The Balaban J connectivity index is 1.58. The fourth-order valence-corrected chi connectivity index (χ4v) is 3.86. The van der Waals surface area contributed by atoms with Crippen LogP contribution in [0.15, 0.2) is 121 Å². The quantitative estimate of drug-likeness (QED) is 0.338. The van der Waals surface area contributed by atoms with E-state index in [9.17, 15) is 0 Å². The van der Waals surface area contributed by atoms with Crippen molar-refractivity contribution >= 4 is 22.1 Å². The predicted molar refractivity (Wildman–Crippen MR) is 125 cm³/mol. The smallest absolute Gasteiger partial charge is 0.0384 e. The van der Waals surface area contributed by atoms with Crippen LogP contribution in [0.5, 0.6) is 0 Å². The van der Waals surface area contributed by atoms with Crippen molar-refractivity contribution < 1.29 is 0 Å². The van der Waals surface area contributed by atoms with E-state index in [0.29, 0.717) is 0 Å². The zero-order chi connectivity index (χ0) is 19.5. The van der Waals surface area contributed by atoms with Gasteiger partial charge in [-0.3, -0.25) is 0 Å². The van der Waals surface area contributed by atoms with E-state index in [1.807, 2.05) is 18.2 Å². The highest BCUT2D eigenvalue weighted by molar-refractivity contribution is 6.06. The Hall–Kier alpha value is -3.84. The second-order valence-electron chi connectivity index (χ2n) is 7.14. The molecule has 0 radical (unpaired) electrons. The van der Waals surface area contributed by atoms with E-state index in [2.05, 4.69) is 108 Å². The number of hydrogen-bond acceptors (Lipinski definition) is 1. The molecule has 1 nitrogen and oxygen atoms in total. The lowest BCUT2D eigenvalue weighted by molar-refractivity contribution is 1.54. The summed E-state index contributed by atoms with van der Waals surface area (Å²) in [4.78, 5) is 0. The molecule has 1 heteroatoms. The molecule has 0 aromatic heterocycles. The molecule has 5 aromatic carbocycles. The van der Waals surface area contributed by atoms with E-state index >= 15 is 0 Å². The molecule has 0 amide bonds. The van der Waals surface area contributed by atoms with Gasteiger partial charge in [0.25, 0.3) is 0 Å². The molecule has 0 bridgehead atoms. The minimum absolute atomic E-state index is 1.09. The number of fused-ring (bicyclic) bond motifs is 1. The van der Waals surface area contributed by atoms with Gasteiger partial charge in [-0.25, -0.2) is 0 Å². The number of nitrogens with one attached hydrogen (secondary N) is 1. The van der Waals surface area contributed by atoms with Gasteiger partial charge in [0, 0.05) is 11.4 Å². The zero-order valence-electron chi connectivity index (χ0n) is 16.0. The molecule has 5 rings (SSSR count). The SMILES string of the molecule is c1ccc(Nc2ccc(-c3cccc4cccc(-c5ccccc5)c34)cc2)cc1. The molecule has 0 fully saturated rings. The molecular weight excluding hydrogens is 350 g/mol. The molecule has 0 atom stereocenters. The van der Waals surface area contributed by atoms with E-state index in [-0.39, 0.29) is 0 Å². The van der Waals surface area contributed by atoms with Gasteiger partial charge in [0.15, 0.2) is 0 Å². The lowest BCUT2D eigenvalue weighted by Gasteiger charge is -2.13. The molecule has 0 aliphatic rings. The second-order valence-corrected chi connectivity index (χ2v) is 7.14. The number of benzene rings is 5. The van der Waals surface area contributed by atoms with Crippen molar-refractivity contribution in [3.8, 4) is 22.3 Å². The minimum Gasteiger partial charge on any atom is -0.356 e. The first-order chi connectivity index (χ1) is 14.4. The average Bonchev–Trinajstić information content (AvgIpc) is 2.80. The van der Waals surface area contributed by atoms with Crippen LogP contribution in [0.3, 0.4) is 0 Å². The van der Waals surface area contributed by atoms with Crippen molar-refractivity contribution in [2.75, 3.05) is 5.32 Å². The van der Waals surface area contributed by atoms with Gasteiger partial charge in [-0.2, -0.15) is 0 Å². The summed E-state index contributed by atoms with van der Waals surface area (Å²) in [5, 5.41) is 6.01. The Morgan fingerprint density at radius 1 is 0.379 bits per heavy atom. The van der Waals surface area contributed by atoms with Crippen molar-refractivity contribution in [1.82, 2.24) is 0 Å². The fraction of sp³-hybridized carbons (Fsp3) is 0. The topological polar surface area (TPSA) is 12.0 Å². The van der Waals surface area contributed by atoms with Crippen molar-refractivity contribution in [3.05, 3.63) is 121 Å². The normalized spacial score (nSPS) is 10.8. The Bertz CT molecular complexity index is 1240. The van der Waals surface area contributed by atoms with Crippen LogP contribution in [0.4, 0.5) is 11.4 Å². The summed E-state index contributed by atoms with van der Waals surface area (Å²) in [6.45, 7) is 0.